The van der Waals surface area contributed by atoms with Crippen LogP contribution in [0.25, 0.3) is 0 Å². The number of allylic oxidation sites excluding steroid dienone is 2. The number of hydrogen-bond acceptors (Lipinski definition) is 4. The van der Waals surface area contributed by atoms with Crippen LogP contribution in [0.2, 0.25) is 5.02 Å². The SMILES string of the molecule is CC1=CC2C(C(C)C)CC1C1C(=O)N(N3CCCCSC3=Nc3ccc(Cl)cc3)C(=O)C21. The van der Waals surface area contributed by atoms with Gasteiger partial charge in [-0.1, -0.05) is 48.9 Å². The van der Waals surface area contributed by atoms with Crippen molar-refractivity contribution in [1.29, 1.82) is 0 Å². The maximum atomic E-state index is 13.8. The van der Waals surface area contributed by atoms with E-state index in [0.29, 0.717) is 23.4 Å². The molecule has 6 rings (SSSR count). The number of aliphatic imine (C=N–C) groups is 1. The molecular formula is C25H30ClN3O2S. The Bertz CT molecular complexity index is 989. The third-order valence-electron chi connectivity index (χ3n) is 7.65. The third kappa shape index (κ3) is 3.60. The van der Waals surface area contributed by atoms with Crippen LogP contribution in [0.3, 0.4) is 0 Å². The van der Waals surface area contributed by atoms with Gasteiger partial charge in [-0.25, -0.2) is 4.99 Å². The highest BCUT2D eigenvalue weighted by Crippen LogP contribution is 2.56. The molecule has 170 valence electrons. The summed E-state index contributed by atoms with van der Waals surface area (Å²) in [6.07, 6.45) is 5.27. The van der Waals surface area contributed by atoms with Crippen molar-refractivity contribution in [3.63, 3.8) is 0 Å². The summed E-state index contributed by atoms with van der Waals surface area (Å²) in [6, 6.07) is 7.36. The Morgan fingerprint density at radius 1 is 1.09 bits per heavy atom. The highest BCUT2D eigenvalue weighted by Gasteiger charge is 2.62. The van der Waals surface area contributed by atoms with Crippen LogP contribution in [0, 0.1) is 35.5 Å². The third-order valence-corrected chi connectivity index (χ3v) is 8.95. The fourth-order valence-electron chi connectivity index (χ4n) is 6.06. The normalized spacial score (nSPS) is 33.7. The number of benzene rings is 1. The van der Waals surface area contributed by atoms with E-state index in [1.165, 1.54) is 10.6 Å². The predicted octanol–water partition coefficient (Wildman–Crippen LogP) is 5.54. The zero-order valence-corrected chi connectivity index (χ0v) is 20.4. The van der Waals surface area contributed by atoms with Crippen molar-refractivity contribution < 1.29 is 9.59 Å². The number of carbonyl (C=O) groups excluding carboxylic acids is 2. The number of carbonyl (C=O) groups is 2. The Hall–Kier alpha value is -1.79. The topological polar surface area (TPSA) is 53.0 Å². The number of hydrazine groups is 1. The average molecular weight is 472 g/mol. The Balaban J connectivity index is 1.50. The molecule has 2 heterocycles. The lowest BCUT2D eigenvalue weighted by atomic mass is 9.54. The van der Waals surface area contributed by atoms with Crippen molar-refractivity contribution in [3.8, 4) is 0 Å². The number of thioether (sulfide) groups is 1. The smallest absolute Gasteiger partial charge is 0.252 e. The molecule has 5 nitrogen and oxygen atoms in total. The molecule has 2 aliphatic heterocycles. The van der Waals surface area contributed by atoms with E-state index in [0.717, 1.165) is 35.9 Å². The molecule has 2 amide bonds. The van der Waals surface area contributed by atoms with E-state index in [1.54, 1.807) is 11.8 Å². The number of fused-ring (bicyclic) bond motifs is 1. The Morgan fingerprint density at radius 2 is 1.81 bits per heavy atom. The van der Waals surface area contributed by atoms with Gasteiger partial charge in [0, 0.05) is 17.3 Å². The lowest BCUT2D eigenvalue weighted by molar-refractivity contribution is -0.152. The molecule has 5 atom stereocenters. The zero-order chi connectivity index (χ0) is 22.6. The van der Waals surface area contributed by atoms with Crippen molar-refractivity contribution in [2.24, 2.45) is 40.5 Å². The summed E-state index contributed by atoms with van der Waals surface area (Å²) in [7, 11) is 0. The summed E-state index contributed by atoms with van der Waals surface area (Å²) in [5.41, 5.74) is 2.06. The first-order valence-corrected chi connectivity index (χ1v) is 13.0. The second-order valence-electron chi connectivity index (χ2n) is 9.83. The van der Waals surface area contributed by atoms with Gasteiger partial charge in [0.2, 0.25) is 0 Å². The number of imide groups is 1. The fourth-order valence-corrected chi connectivity index (χ4v) is 7.21. The zero-order valence-electron chi connectivity index (χ0n) is 18.8. The molecule has 0 radical (unpaired) electrons. The van der Waals surface area contributed by atoms with Gasteiger partial charge < -0.3 is 0 Å². The van der Waals surface area contributed by atoms with E-state index < -0.39 is 0 Å². The number of halogens is 1. The minimum Gasteiger partial charge on any atom is -0.272 e. The van der Waals surface area contributed by atoms with E-state index in [4.69, 9.17) is 16.6 Å². The van der Waals surface area contributed by atoms with E-state index in [1.807, 2.05) is 29.3 Å². The van der Waals surface area contributed by atoms with E-state index >= 15 is 0 Å². The van der Waals surface area contributed by atoms with Gasteiger partial charge in [0.25, 0.3) is 11.8 Å². The van der Waals surface area contributed by atoms with Gasteiger partial charge in [0.05, 0.1) is 17.5 Å². The van der Waals surface area contributed by atoms with Gasteiger partial charge in [-0.2, -0.15) is 5.01 Å². The lowest BCUT2D eigenvalue weighted by Crippen LogP contribution is -2.49. The summed E-state index contributed by atoms with van der Waals surface area (Å²) in [5.74, 6) is 1.69. The molecule has 3 fully saturated rings. The van der Waals surface area contributed by atoms with Gasteiger partial charge in [0.15, 0.2) is 5.17 Å². The summed E-state index contributed by atoms with van der Waals surface area (Å²) >= 11 is 7.66. The van der Waals surface area contributed by atoms with Gasteiger partial charge >= 0.3 is 0 Å². The maximum absolute atomic E-state index is 13.8. The first-order chi connectivity index (χ1) is 15.4. The van der Waals surface area contributed by atoms with Crippen LogP contribution in [0.15, 0.2) is 40.9 Å². The molecule has 1 saturated carbocycles. The van der Waals surface area contributed by atoms with Crippen LogP contribution in [0.5, 0.6) is 0 Å². The van der Waals surface area contributed by atoms with Crippen LogP contribution in [0.1, 0.15) is 40.0 Å². The van der Waals surface area contributed by atoms with Crippen LogP contribution >= 0.6 is 23.4 Å². The van der Waals surface area contributed by atoms with Gasteiger partial charge in [-0.3, -0.25) is 14.6 Å². The number of amidine groups is 1. The molecular weight excluding hydrogens is 442 g/mol. The number of hydrogen-bond donors (Lipinski definition) is 0. The highest BCUT2D eigenvalue weighted by molar-refractivity contribution is 8.13. The van der Waals surface area contributed by atoms with Crippen molar-refractivity contribution in [2.45, 2.75) is 40.0 Å². The summed E-state index contributed by atoms with van der Waals surface area (Å²) in [6.45, 7) is 7.25. The van der Waals surface area contributed by atoms with Crippen LogP contribution < -0.4 is 0 Å². The average Bonchev–Trinajstić information content (AvgIpc) is 2.90. The Morgan fingerprint density at radius 3 is 2.53 bits per heavy atom. The van der Waals surface area contributed by atoms with Gasteiger partial charge in [-0.15, -0.1) is 0 Å². The van der Waals surface area contributed by atoms with Crippen molar-refractivity contribution in [3.05, 3.63) is 40.9 Å². The fraction of sp³-hybridized carbons (Fsp3) is 0.560. The molecule has 5 aliphatic rings. The standard InChI is InChI=1S/C25H30ClN3O2S/c1-14(2)18-13-19-15(3)12-20(18)22-21(19)23(30)29(24(22)31)28-10-4-5-11-32-25(28)27-17-8-6-16(26)7-9-17/h6-9,12,14,18-22H,4-5,10-11,13H2,1-3H3. The minimum atomic E-state index is -0.234. The molecule has 32 heavy (non-hydrogen) atoms. The van der Waals surface area contributed by atoms with E-state index in [2.05, 4.69) is 26.8 Å². The van der Waals surface area contributed by atoms with Gasteiger partial charge in [0.1, 0.15) is 0 Å². The van der Waals surface area contributed by atoms with Crippen molar-refractivity contribution in [2.75, 3.05) is 12.3 Å². The Kier molecular flexibility index (Phi) is 5.87. The second-order valence-corrected chi connectivity index (χ2v) is 11.3. The first-order valence-electron chi connectivity index (χ1n) is 11.7. The maximum Gasteiger partial charge on any atom is 0.252 e. The van der Waals surface area contributed by atoms with Gasteiger partial charge in [-0.05, 0) is 74.1 Å². The molecule has 0 N–H and O–H groups in total. The van der Waals surface area contributed by atoms with Crippen molar-refractivity contribution >= 4 is 46.0 Å². The molecule has 3 aliphatic carbocycles. The van der Waals surface area contributed by atoms with Crippen LogP contribution in [0.4, 0.5) is 5.69 Å². The summed E-state index contributed by atoms with van der Waals surface area (Å²) in [4.78, 5) is 32.4. The molecule has 1 aromatic rings. The molecule has 2 saturated heterocycles. The summed E-state index contributed by atoms with van der Waals surface area (Å²) < 4.78 is 0. The predicted molar refractivity (Wildman–Crippen MR) is 129 cm³/mol. The monoisotopic (exact) mass is 471 g/mol. The highest BCUT2D eigenvalue weighted by atomic mass is 35.5. The first kappa shape index (κ1) is 22.0. The minimum absolute atomic E-state index is 0.0315. The molecule has 0 spiro atoms. The van der Waals surface area contributed by atoms with E-state index in [9.17, 15) is 9.59 Å². The molecule has 0 aromatic heterocycles. The van der Waals surface area contributed by atoms with Crippen LogP contribution in [-0.4, -0.2) is 39.3 Å². The molecule has 1 aromatic carbocycles. The molecule has 5 unspecified atom stereocenters. The number of rotatable bonds is 3. The number of nitrogens with zero attached hydrogens (tertiary/aromatic N) is 3. The Labute approximate surface area is 199 Å². The van der Waals surface area contributed by atoms with Crippen LogP contribution in [-0.2, 0) is 9.59 Å². The number of amides is 2. The second kappa shape index (κ2) is 8.53. The van der Waals surface area contributed by atoms with E-state index in [-0.39, 0.29) is 35.5 Å². The van der Waals surface area contributed by atoms with Crippen molar-refractivity contribution in [1.82, 2.24) is 10.0 Å². The lowest BCUT2D eigenvalue weighted by Gasteiger charge is -2.48. The summed E-state index contributed by atoms with van der Waals surface area (Å²) in [5, 5.41) is 4.72. The quantitative estimate of drug-likeness (QED) is 0.429. The largest absolute Gasteiger partial charge is 0.272 e. The molecule has 2 bridgehead atoms. The molecule has 7 heteroatoms.